The first-order valence-electron chi connectivity index (χ1n) is 8.73. The highest BCUT2D eigenvalue weighted by molar-refractivity contribution is 6.04. The molecule has 0 saturated carbocycles. The molecule has 0 fully saturated rings. The molecule has 0 aliphatic carbocycles. The summed E-state index contributed by atoms with van der Waals surface area (Å²) in [5, 5.41) is 5.21. The molecule has 6 nitrogen and oxygen atoms in total. The van der Waals surface area contributed by atoms with Crippen molar-refractivity contribution in [1.29, 1.82) is 0 Å². The Bertz CT molecular complexity index is 1020. The van der Waals surface area contributed by atoms with Gasteiger partial charge in [-0.1, -0.05) is 6.07 Å². The number of rotatable bonds is 6. The van der Waals surface area contributed by atoms with Crippen LogP contribution in [0.1, 0.15) is 27.6 Å². The highest BCUT2D eigenvalue weighted by atomic mass is 19.1. The van der Waals surface area contributed by atoms with E-state index in [1.165, 1.54) is 24.4 Å². The molecule has 3 aromatic rings. The Labute approximate surface area is 165 Å². The fourth-order valence-electron chi connectivity index (χ4n) is 2.50. The van der Waals surface area contributed by atoms with Gasteiger partial charge in [-0.25, -0.2) is 18.6 Å². The van der Waals surface area contributed by atoms with Gasteiger partial charge >= 0.3 is 5.97 Å². The third-order valence-corrected chi connectivity index (χ3v) is 3.89. The minimum Gasteiger partial charge on any atom is -0.462 e. The number of para-hydroxylation sites is 1. The number of ether oxygens (including phenoxy) is 1. The zero-order valence-corrected chi connectivity index (χ0v) is 15.4. The number of halogens is 2. The second-order valence-electron chi connectivity index (χ2n) is 5.90. The van der Waals surface area contributed by atoms with Gasteiger partial charge in [0.25, 0.3) is 5.91 Å². The summed E-state index contributed by atoms with van der Waals surface area (Å²) < 4.78 is 32.4. The van der Waals surface area contributed by atoms with E-state index >= 15 is 0 Å². The summed E-state index contributed by atoms with van der Waals surface area (Å²) in [6.45, 7) is 2.01. The number of amides is 1. The maximum Gasteiger partial charge on any atom is 0.338 e. The molecule has 2 aromatic carbocycles. The summed E-state index contributed by atoms with van der Waals surface area (Å²) in [5.74, 6) is -2.50. The molecular weight excluding hydrogens is 380 g/mol. The van der Waals surface area contributed by atoms with Gasteiger partial charge in [-0.2, -0.15) is 0 Å². The van der Waals surface area contributed by atoms with Crippen LogP contribution in [-0.2, 0) is 4.74 Å². The topological polar surface area (TPSA) is 80.3 Å². The van der Waals surface area contributed by atoms with Crippen molar-refractivity contribution in [1.82, 2.24) is 4.98 Å². The summed E-state index contributed by atoms with van der Waals surface area (Å²) in [5.41, 5.74) is 0.681. The molecule has 29 heavy (non-hydrogen) atoms. The zero-order chi connectivity index (χ0) is 20.8. The lowest BCUT2D eigenvalue weighted by Crippen LogP contribution is -2.14. The van der Waals surface area contributed by atoms with Crippen molar-refractivity contribution in [3.05, 3.63) is 83.6 Å². The Morgan fingerprint density at radius 2 is 1.69 bits per heavy atom. The van der Waals surface area contributed by atoms with Gasteiger partial charge in [0.2, 0.25) is 0 Å². The number of nitrogens with one attached hydrogen (secondary N) is 2. The van der Waals surface area contributed by atoms with Crippen LogP contribution in [0, 0.1) is 11.6 Å². The SMILES string of the molecule is CCOC(=O)c1ccc(Nc2cc(C(=O)Nc3c(F)cccc3F)ccn2)cc1. The van der Waals surface area contributed by atoms with Crippen molar-refractivity contribution in [3.63, 3.8) is 0 Å². The standard InChI is InChI=1S/C21H17F2N3O3/c1-2-29-21(28)13-6-8-15(9-7-13)25-18-12-14(10-11-24-18)20(27)26-19-16(22)4-3-5-17(19)23/h3-12H,2H2,1H3,(H,24,25)(H,26,27). The lowest BCUT2D eigenvalue weighted by molar-refractivity contribution is 0.0526. The van der Waals surface area contributed by atoms with Crippen LogP contribution in [0.4, 0.5) is 26.0 Å². The summed E-state index contributed by atoms with van der Waals surface area (Å²) in [7, 11) is 0. The van der Waals surface area contributed by atoms with E-state index in [1.54, 1.807) is 31.2 Å². The first-order chi connectivity index (χ1) is 14.0. The van der Waals surface area contributed by atoms with Gasteiger partial charge in [-0.3, -0.25) is 4.79 Å². The molecule has 0 aliphatic rings. The van der Waals surface area contributed by atoms with Crippen LogP contribution in [0.2, 0.25) is 0 Å². The molecule has 1 aromatic heterocycles. The number of carbonyl (C=O) groups is 2. The molecule has 0 radical (unpaired) electrons. The van der Waals surface area contributed by atoms with Crippen molar-refractivity contribution in [3.8, 4) is 0 Å². The number of pyridine rings is 1. The fourth-order valence-corrected chi connectivity index (χ4v) is 2.50. The molecule has 0 spiro atoms. The summed E-state index contributed by atoms with van der Waals surface area (Å²) >= 11 is 0. The molecule has 0 bridgehead atoms. The molecule has 1 heterocycles. The largest absolute Gasteiger partial charge is 0.462 e. The molecule has 1 amide bonds. The van der Waals surface area contributed by atoms with Gasteiger partial charge in [-0.15, -0.1) is 0 Å². The average Bonchev–Trinajstić information content (AvgIpc) is 2.71. The molecule has 0 unspecified atom stereocenters. The number of hydrogen-bond acceptors (Lipinski definition) is 5. The third-order valence-electron chi connectivity index (χ3n) is 3.89. The molecular formula is C21H17F2N3O3. The number of anilines is 3. The van der Waals surface area contributed by atoms with Gasteiger partial charge in [0, 0.05) is 17.4 Å². The first-order valence-corrected chi connectivity index (χ1v) is 8.73. The van der Waals surface area contributed by atoms with Crippen LogP contribution in [0.5, 0.6) is 0 Å². The smallest absolute Gasteiger partial charge is 0.338 e. The first kappa shape index (κ1) is 19.9. The normalized spacial score (nSPS) is 10.3. The lowest BCUT2D eigenvalue weighted by Gasteiger charge is -2.10. The van der Waals surface area contributed by atoms with Gasteiger partial charge in [-0.05, 0) is 55.5 Å². The summed E-state index contributed by atoms with van der Waals surface area (Å²) in [6.07, 6.45) is 1.39. The maximum atomic E-state index is 13.7. The van der Waals surface area contributed by atoms with E-state index in [4.69, 9.17) is 4.74 Å². The number of esters is 1. The Morgan fingerprint density at radius 1 is 1.00 bits per heavy atom. The minimum absolute atomic E-state index is 0.160. The predicted octanol–water partition coefficient (Wildman–Crippen LogP) is 4.53. The zero-order valence-electron chi connectivity index (χ0n) is 15.4. The van der Waals surface area contributed by atoms with Gasteiger partial charge in [0.05, 0.1) is 12.2 Å². The number of benzene rings is 2. The molecule has 0 saturated heterocycles. The third kappa shape index (κ3) is 4.92. The van der Waals surface area contributed by atoms with Gasteiger partial charge in [0.15, 0.2) is 0 Å². The lowest BCUT2D eigenvalue weighted by atomic mass is 10.2. The summed E-state index contributed by atoms with van der Waals surface area (Å²) in [4.78, 5) is 28.1. The second-order valence-corrected chi connectivity index (χ2v) is 5.90. The van der Waals surface area contributed by atoms with E-state index in [-0.39, 0.29) is 12.2 Å². The van der Waals surface area contributed by atoms with Crippen molar-refractivity contribution in [2.75, 3.05) is 17.2 Å². The number of hydrogen-bond donors (Lipinski definition) is 2. The van der Waals surface area contributed by atoms with E-state index in [2.05, 4.69) is 15.6 Å². The summed E-state index contributed by atoms with van der Waals surface area (Å²) in [6, 6.07) is 12.7. The Kier molecular flexibility index (Phi) is 6.13. The van der Waals surface area contributed by atoms with E-state index < -0.39 is 29.2 Å². The van der Waals surface area contributed by atoms with Crippen molar-refractivity contribution < 1.29 is 23.1 Å². The Morgan fingerprint density at radius 3 is 2.34 bits per heavy atom. The molecule has 2 N–H and O–H groups in total. The van der Waals surface area contributed by atoms with E-state index in [1.807, 2.05) is 0 Å². The number of nitrogens with zero attached hydrogens (tertiary/aromatic N) is 1. The highest BCUT2D eigenvalue weighted by Crippen LogP contribution is 2.20. The second kappa shape index (κ2) is 8.92. The quantitative estimate of drug-likeness (QED) is 0.598. The Balaban J connectivity index is 1.72. The Hall–Kier alpha value is -3.81. The van der Waals surface area contributed by atoms with Crippen molar-refractivity contribution in [2.45, 2.75) is 6.92 Å². The van der Waals surface area contributed by atoms with E-state index in [0.29, 0.717) is 17.1 Å². The highest BCUT2D eigenvalue weighted by Gasteiger charge is 2.14. The minimum atomic E-state index is -0.868. The fraction of sp³-hybridized carbons (Fsp3) is 0.0952. The molecule has 3 rings (SSSR count). The number of aromatic nitrogens is 1. The van der Waals surface area contributed by atoms with Gasteiger partial charge in [0.1, 0.15) is 23.1 Å². The van der Waals surface area contributed by atoms with Crippen LogP contribution in [-0.4, -0.2) is 23.5 Å². The van der Waals surface area contributed by atoms with Crippen LogP contribution in [0.15, 0.2) is 60.8 Å². The van der Waals surface area contributed by atoms with Crippen molar-refractivity contribution >= 4 is 29.1 Å². The van der Waals surface area contributed by atoms with Crippen molar-refractivity contribution in [2.24, 2.45) is 0 Å². The predicted molar refractivity (Wildman–Crippen MR) is 104 cm³/mol. The van der Waals surface area contributed by atoms with Crippen LogP contribution in [0.25, 0.3) is 0 Å². The number of carbonyl (C=O) groups excluding carboxylic acids is 2. The van der Waals surface area contributed by atoms with Crippen LogP contribution >= 0.6 is 0 Å². The van der Waals surface area contributed by atoms with E-state index in [0.717, 1.165) is 12.1 Å². The van der Waals surface area contributed by atoms with Crippen LogP contribution < -0.4 is 10.6 Å². The maximum absolute atomic E-state index is 13.7. The average molecular weight is 397 g/mol. The van der Waals surface area contributed by atoms with E-state index in [9.17, 15) is 18.4 Å². The van der Waals surface area contributed by atoms with Crippen LogP contribution in [0.3, 0.4) is 0 Å². The monoisotopic (exact) mass is 397 g/mol. The molecule has 0 atom stereocenters. The van der Waals surface area contributed by atoms with Gasteiger partial charge < -0.3 is 15.4 Å². The molecule has 8 heteroatoms. The molecule has 0 aliphatic heterocycles. The molecule has 148 valence electrons.